The van der Waals surface area contributed by atoms with E-state index in [0.717, 1.165) is 31.1 Å². The number of hydrogen-bond acceptors (Lipinski definition) is 2. The second kappa shape index (κ2) is 5.21. The van der Waals surface area contributed by atoms with Crippen molar-refractivity contribution in [3.05, 3.63) is 0 Å². The van der Waals surface area contributed by atoms with Crippen molar-refractivity contribution in [3.63, 3.8) is 0 Å². The highest BCUT2D eigenvalue weighted by molar-refractivity contribution is 5.14. The second-order valence-corrected chi connectivity index (χ2v) is 9.74. The summed E-state index contributed by atoms with van der Waals surface area (Å²) in [6.07, 6.45) is 15.1. The highest BCUT2D eigenvalue weighted by Gasteiger charge is 2.64. The standard InChI is InChI=1S/C20H34O2/c1-18-7-3-8-20(22,14-18)17-13-19(16(17)6-9-18)10-5-15(12-19)4-2-11-21/h15-17,21-22H,2-14H2,1H3/t15-,16-,17-,18+,19-,20-/m1/s1. The molecule has 0 amide bonds. The van der Waals surface area contributed by atoms with Crippen LogP contribution in [0.2, 0.25) is 0 Å². The SMILES string of the molecule is C[C@@]12CCC[C@@](O)(C1)[C@@H]1C[C@]3(CC[C@@H](CCCO)C3)[C@@H]1CC2. The molecule has 6 atom stereocenters. The van der Waals surface area contributed by atoms with Crippen LogP contribution in [0, 0.1) is 28.6 Å². The number of aliphatic hydroxyl groups is 2. The molecule has 0 unspecified atom stereocenters. The molecule has 1 spiro atoms. The van der Waals surface area contributed by atoms with Crippen molar-refractivity contribution in [1.82, 2.24) is 0 Å². The van der Waals surface area contributed by atoms with Gasteiger partial charge in [-0.15, -0.1) is 0 Å². The van der Waals surface area contributed by atoms with Crippen molar-refractivity contribution in [1.29, 1.82) is 0 Å². The Morgan fingerprint density at radius 2 is 1.86 bits per heavy atom. The van der Waals surface area contributed by atoms with Crippen LogP contribution in [0.15, 0.2) is 0 Å². The number of hydrogen-bond donors (Lipinski definition) is 2. The van der Waals surface area contributed by atoms with Gasteiger partial charge in [-0.05, 0) is 99.2 Å². The first-order valence-electron chi connectivity index (χ1n) is 9.82. The summed E-state index contributed by atoms with van der Waals surface area (Å²) in [7, 11) is 0. The summed E-state index contributed by atoms with van der Waals surface area (Å²) in [6, 6.07) is 0. The molecule has 2 nitrogen and oxygen atoms in total. The number of rotatable bonds is 3. The predicted octanol–water partition coefficient (Wildman–Crippen LogP) is 4.29. The zero-order valence-electron chi connectivity index (χ0n) is 14.3. The molecule has 0 saturated heterocycles. The summed E-state index contributed by atoms with van der Waals surface area (Å²) in [4.78, 5) is 0. The fourth-order valence-electron chi connectivity index (χ4n) is 7.26. The van der Waals surface area contributed by atoms with Crippen molar-refractivity contribution in [2.45, 2.75) is 89.6 Å². The summed E-state index contributed by atoms with van der Waals surface area (Å²) < 4.78 is 0. The summed E-state index contributed by atoms with van der Waals surface area (Å²) in [6.45, 7) is 2.79. The zero-order chi connectivity index (χ0) is 15.4. The van der Waals surface area contributed by atoms with E-state index in [4.69, 9.17) is 5.11 Å². The first-order valence-corrected chi connectivity index (χ1v) is 9.82. The first kappa shape index (κ1) is 15.4. The first-order chi connectivity index (χ1) is 10.5. The van der Waals surface area contributed by atoms with Gasteiger partial charge >= 0.3 is 0 Å². The van der Waals surface area contributed by atoms with Gasteiger partial charge in [0.15, 0.2) is 0 Å². The normalized spacial score (nSPS) is 53.9. The third-order valence-electron chi connectivity index (χ3n) is 8.29. The van der Waals surface area contributed by atoms with E-state index in [1.165, 1.54) is 57.8 Å². The van der Waals surface area contributed by atoms with Crippen molar-refractivity contribution >= 4 is 0 Å². The Labute approximate surface area is 135 Å². The number of fused-ring (bicyclic) bond motifs is 5. The van der Waals surface area contributed by atoms with E-state index < -0.39 is 0 Å². The van der Waals surface area contributed by atoms with E-state index in [1.807, 2.05) is 0 Å². The summed E-state index contributed by atoms with van der Waals surface area (Å²) >= 11 is 0. The summed E-state index contributed by atoms with van der Waals surface area (Å²) in [5, 5.41) is 20.4. The molecule has 0 aromatic carbocycles. The minimum Gasteiger partial charge on any atom is -0.396 e. The van der Waals surface area contributed by atoms with Crippen LogP contribution in [0.5, 0.6) is 0 Å². The van der Waals surface area contributed by atoms with Crippen LogP contribution in [-0.2, 0) is 0 Å². The molecule has 0 heterocycles. The Morgan fingerprint density at radius 1 is 1.00 bits per heavy atom. The van der Waals surface area contributed by atoms with Crippen molar-refractivity contribution in [2.24, 2.45) is 28.6 Å². The summed E-state index contributed by atoms with van der Waals surface area (Å²) in [5.41, 5.74) is 0.664. The molecular weight excluding hydrogens is 272 g/mol. The van der Waals surface area contributed by atoms with Crippen LogP contribution >= 0.6 is 0 Å². The van der Waals surface area contributed by atoms with E-state index in [9.17, 15) is 5.11 Å². The molecule has 22 heavy (non-hydrogen) atoms. The lowest BCUT2D eigenvalue weighted by Crippen LogP contribution is -2.57. The highest BCUT2D eigenvalue weighted by atomic mass is 16.3. The molecule has 0 aromatic rings. The highest BCUT2D eigenvalue weighted by Crippen LogP contribution is 2.70. The van der Waals surface area contributed by atoms with Gasteiger partial charge in [0, 0.05) is 6.61 Å². The molecule has 2 bridgehead atoms. The molecule has 4 fully saturated rings. The quantitative estimate of drug-likeness (QED) is 0.816. The predicted molar refractivity (Wildman–Crippen MR) is 88.4 cm³/mol. The molecule has 0 aliphatic heterocycles. The third-order valence-corrected chi connectivity index (χ3v) is 8.29. The average molecular weight is 306 g/mol. The monoisotopic (exact) mass is 306 g/mol. The van der Waals surface area contributed by atoms with E-state index in [1.54, 1.807) is 0 Å². The van der Waals surface area contributed by atoms with Crippen LogP contribution in [0.1, 0.15) is 84.0 Å². The van der Waals surface area contributed by atoms with Crippen molar-refractivity contribution in [3.8, 4) is 0 Å². The van der Waals surface area contributed by atoms with Crippen LogP contribution in [0.4, 0.5) is 0 Å². The maximum Gasteiger partial charge on any atom is 0.0684 e. The van der Waals surface area contributed by atoms with Gasteiger partial charge in [-0.3, -0.25) is 0 Å². The lowest BCUT2D eigenvalue weighted by atomic mass is 9.47. The van der Waals surface area contributed by atoms with Gasteiger partial charge in [0.05, 0.1) is 5.60 Å². The molecule has 0 aromatic heterocycles. The van der Waals surface area contributed by atoms with Crippen LogP contribution in [-0.4, -0.2) is 22.4 Å². The van der Waals surface area contributed by atoms with Gasteiger partial charge < -0.3 is 10.2 Å². The molecule has 0 radical (unpaired) electrons. The van der Waals surface area contributed by atoms with Crippen LogP contribution < -0.4 is 0 Å². The lowest BCUT2D eigenvalue weighted by molar-refractivity contribution is -0.171. The maximum absolute atomic E-state index is 11.4. The topological polar surface area (TPSA) is 40.5 Å². The average Bonchev–Trinajstić information content (AvgIpc) is 2.86. The second-order valence-electron chi connectivity index (χ2n) is 9.74. The smallest absolute Gasteiger partial charge is 0.0684 e. The van der Waals surface area contributed by atoms with Crippen LogP contribution in [0.25, 0.3) is 0 Å². The van der Waals surface area contributed by atoms with Crippen LogP contribution in [0.3, 0.4) is 0 Å². The minimum atomic E-state index is -0.331. The van der Waals surface area contributed by atoms with Gasteiger partial charge in [0.2, 0.25) is 0 Å². The fraction of sp³-hybridized carbons (Fsp3) is 1.00. The Hall–Kier alpha value is -0.0800. The Bertz CT molecular complexity index is 435. The zero-order valence-corrected chi connectivity index (χ0v) is 14.3. The summed E-state index contributed by atoms with van der Waals surface area (Å²) in [5.74, 6) is 2.25. The largest absolute Gasteiger partial charge is 0.396 e. The number of aliphatic hydroxyl groups excluding tert-OH is 1. The van der Waals surface area contributed by atoms with Gasteiger partial charge in [0.25, 0.3) is 0 Å². The molecule has 2 N–H and O–H groups in total. The van der Waals surface area contributed by atoms with Gasteiger partial charge in [-0.2, -0.15) is 0 Å². The Balaban J connectivity index is 1.50. The fourth-order valence-corrected chi connectivity index (χ4v) is 7.26. The van der Waals surface area contributed by atoms with E-state index in [0.29, 0.717) is 23.4 Å². The van der Waals surface area contributed by atoms with E-state index in [-0.39, 0.29) is 5.60 Å². The Kier molecular flexibility index (Phi) is 3.66. The molecule has 4 aliphatic rings. The lowest BCUT2D eigenvalue weighted by Gasteiger charge is -2.59. The van der Waals surface area contributed by atoms with Gasteiger partial charge in [-0.1, -0.05) is 13.3 Å². The molecule has 4 rings (SSSR count). The van der Waals surface area contributed by atoms with Crippen molar-refractivity contribution in [2.75, 3.05) is 6.61 Å². The Morgan fingerprint density at radius 3 is 2.68 bits per heavy atom. The van der Waals surface area contributed by atoms with E-state index >= 15 is 0 Å². The van der Waals surface area contributed by atoms with Gasteiger partial charge in [-0.25, -0.2) is 0 Å². The molecule has 2 heteroatoms. The molecule has 126 valence electrons. The molecular formula is C20H34O2. The maximum atomic E-state index is 11.4. The van der Waals surface area contributed by atoms with E-state index in [2.05, 4.69) is 6.92 Å². The molecule has 4 aliphatic carbocycles. The third kappa shape index (κ3) is 2.28. The van der Waals surface area contributed by atoms with Crippen molar-refractivity contribution < 1.29 is 10.2 Å². The molecule has 4 saturated carbocycles. The minimum absolute atomic E-state index is 0.331. The van der Waals surface area contributed by atoms with Gasteiger partial charge in [0.1, 0.15) is 0 Å².